The van der Waals surface area contributed by atoms with Crippen molar-refractivity contribution in [3.63, 3.8) is 0 Å². The molecule has 0 aliphatic carbocycles. The number of nitro groups is 1. The number of hydrogen-bond acceptors (Lipinski definition) is 6. The zero-order valence-corrected chi connectivity index (χ0v) is 12.9. The number of aryl methyl sites for hydroxylation is 1. The minimum absolute atomic E-state index is 0.0850. The van der Waals surface area contributed by atoms with Gasteiger partial charge in [-0.2, -0.15) is 0 Å². The normalized spacial score (nSPS) is 10.8. The molecule has 0 unspecified atom stereocenters. The van der Waals surface area contributed by atoms with Crippen LogP contribution in [0.5, 0.6) is 0 Å². The van der Waals surface area contributed by atoms with Crippen LogP contribution in [-0.4, -0.2) is 28.2 Å². The maximum Gasteiger partial charge on any atom is 0.279 e. The van der Waals surface area contributed by atoms with E-state index < -0.39 is 0 Å². The Kier molecular flexibility index (Phi) is 5.35. The topological polar surface area (TPSA) is 81.0 Å². The van der Waals surface area contributed by atoms with Crippen molar-refractivity contribution < 1.29 is 4.92 Å². The molecule has 0 aliphatic rings. The Labute approximate surface area is 127 Å². The lowest BCUT2D eigenvalue weighted by molar-refractivity contribution is -0.384. The van der Waals surface area contributed by atoms with Gasteiger partial charge in [0.05, 0.1) is 10.5 Å². The van der Waals surface area contributed by atoms with Gasteiger partial charge in [-0.1, -0.05) is 30.4 Å². The van der Waals surface area contributed by atoms with Crippen LogP contribution < -0.4 is 5.32 Å². The summed E-state index contributed by atoms with van der Waals surface area (Å²) in [7, 11) is 0. The van der Waals surface area contributed by atoms with Gasteiger partial charge in [0, 0.05) is 19.0 Å². The second-order valence-electron chi connectivity index (χ2n) is 4.73. The van der Waals surface area contributed by atoms with Crippen LogP contribution in [0.15, 0.2) is 18.2 Å². The molecule has 2 rings (SSSR count). The Morgan fingerprint density at radius 3 is 2.86 bits per heavy atom. The Balaban J connectivity index is 2.20. The van der Waals surface area contributed by atoms with Crippen LogP contribution in [0.25, 0.3) is 10.6 Å². The Bertz CT molecular complexity index is 627. The maximum atomic E-state index is 11.2. The predicted molar refractivity (Wildman–Crippen MR) is 83.6 cm³/mol. The molecule has 112 valence electrons. The first-order valence-corrected chi connectivity index (χ1v) is 7.72. The zero-order chi connectivity index (χ0) is 15.2. The quantitative estimate of drug-likeness (QED) is 0.483. The van der Waals surface area contributed by atoms with E-state index in [-0.39, 0.29) is 10.6 Å². The summed E-state index contributed by atoms with van der Waals surface area (Å²) in [6.45, 7) is 5.80. The van der Waals surface area contributed by atoms with E-state index in [1.54, 1.807) is 6.07 Å². The molecule has 0 fully saturated rings. The van der Waals surface area contributed by atoms with Gasteiger partial charge in [0.15, 0.2) is 5.01 Å². The summed E-state index contributed by atoms with van der Waals surface area (Å²) in [5, 5.41) is 24.2. The molecule has 7 heteroatoms. The van der Waals surface area contributed by atoms with Crippen LogP contribution >= 0.6 is 11.3 Å². The van der Waals surface area contributed by atoms with Gasteiger partial charge < -0.3 is 5.32 Å². The monoisotopic (exact) mass is 306 g/mol. The molecule has 0 radical (unpaired) electrons. The van der Waals surface area contributed by atoms with Crippen molar-refractivity contribution in [1.82, 2.24) is 15.5 Å². The SMILES string of the molecule is CCCNCCc1nnc(-c2c(C)cccc2[N+](=O)[O-])s1. The molecule has 2 aromatic rings. The molecule has 1 aromatic carbocycles. The molecule has 6 nitrogen and oxygen atoms in total. The summed E-state index contributed by atoms with van der Waals surface area (Å²) in [6, 6.07) is 5.05. The third-order valence-corrected chi connectivity index (χ3v) is 4.07. The fraction of sp³-hybridized carbons (Fsp3) is 0.429. The summed E-state index contributed by atoms with van der Waals surface area (Å²) >= 11 is 1.42. The number of rotatable bonds is 7. The van der Waals surface area contributed by atoms with Crippen molar-refractivity contribution in [3.8, 4) is 10.6 Å². The molecule has 0 atom stereocenters. The Morgan fingerprint density at radius 2 is 2.14 bits per heavy atom. The van der Waals surface area contributed by atoms with Crippen LogP contribution in [0.4, 0.5) is 5.69 Å². The number of nitrogens with zero attached hydrogens (tertiary/aromatic N) is 3. The lowest BCUT2D eigenvalue weighted by Crippen LogP contribution is -2.17. The molecular weight excluding hydrogens is 288 g/mol. The summed E-state index contributed by atoms with van der Waals surface area (Å²) in [4.78, 5) is 10.8. The van der Waals surface area contributed by atoms with Crippen molar-refractivity contribution in [2.24, 2.45) is 0 Å². The van der Waals surface area contributed by atoms with Crippen molar-refractivity contribution in [3.05, 3.63) is 38.9 Å². The van der Waals surface area contributed by atoms with Crippen LogP contribution in [-0.2, 0) is 6.42 Å². The van der Waals surface area contributed by atoms with Gasteiger partial charge >= 0.3 is 0 Å². The first kappa shape index (κ1) is 15.5. The predicted octanol–water partition coefficient (Wildman–Crippen LogP) is 2.96. The average Bonchev–Trinajstić information content (AvgIpc) is 2.91. The lowest BCUT2D eigenvalue weighted by Gasteiger charge is -2.02. The van der Waals surface area contributed by atoms with Gasteiger partial charge in [0.1, 0.15) is 5.01 Å². The highest BCUT2D eigenvalue weighted by Gasteiger charge is 2.20. The van der Waals surface area contributed by atoms with Crippen molar-refractivity contribution >= 4 is 17.0 Å². The van der Waals surface area contributed by atoms with Crippen LogP contribution in [0.1, 0.15) is 23.9 Å². The number of hydrogen-bond donors (Lipinski definition) is 1. The van der Waals surface area contributed by atoms with E-state index >= 15 is 0 Å². The smallest absolute Gasteiger partial charge is 0.279 e. The van der Waals surface area contributed by atoms with Gasteiger partial charge in [-0.15, -0.1) is 10.2 Å². The van der Waals surface area contributed by atoms with Crippen LogP contribution in [0.3, 0.4) is 0 Å². The van der Waals surface area contributed by atoms with Crippen molar-refractivity contribution in [1.29, 1.82) is 0 Å². The molecule has 21 heavy (non-hydrogen) atoms. The van der Waals surface area contributed by atoms with E-state index in [0.29, 0.717) is 10.6 Å². The fourth-order valence-corrected chi connectivity index (χ4v) is 2.99. The molecule has 0 saturated heterocycles. The molecule has 1 aromatic heterocycles. The zero-order valence-electron chi connectivity index (χ0n) is 12.1. The van der Waals surface area contributed by atoms with E-state index in [9.17, 15) is 10.1 Å². The first-order valence-electron chi connectivity index (χ1n) is 6.91. The number of aromatic nitrogens is 2. The molecule has 0 saturated carbocycles. The molecular formula is C14H18N4O2S. The summed E-state index contributed by atoms with van der Waals surface area (Å²) in [5.41, 5.74) is 1.51. The Hall–Kier alpha value is -1.86. The average molecular weight is 306 g/mol. The highest BCUT2D eigenvalue weighted by molar-refractivity contribution is 7.14. The first-order chi connectivity index (χ1) is 10.1. The molecule has 0 amide bonds. The largest absolute Gasteiger partial charge is 0.316 e. The van der Waals surface area contributed by atoms with Gasteiger partial charge in [0.25, 0.3) is 5.69 Å². The van der Waals surface area contributed by atoms with Crippen LogP contribution in [0, 0.1) is 17.0 Å². The Morgan fingerprint density at radius 1 is 1.33 bits per heavy atom. The maximum absolute atomic E-state index is 11.2. The minimum atomic E-state index is -0.369. The molecule has 0 aliphatic heterocycles. The highest BCUT2D eigenvalue weighted by atomic mass is 32.1. The molecule has 0 bridgehead atoms. The number of benzene rings is 1. The summed E-state index contributed by atoms with van der Waals surface area (Å²) < 4.78 is 0. The molecule has 1 heterocycles. The van der Waals surface area contributed by atoms with Crippen molar-refractivity contribution in [2.45, 2.75) is 26.7 Å². The van der Waals surface area contributed by atoms with E-state index in [4.69, 9.17) is 0 Å². The van der Waals surface area contributed by atoms with E-state index in [1.807, 2.05) is 13.0 Å². The third kappa shape index (κ3) is 3.83. The van der Waals surface area contributed by atoms with Crippen molar-refractivity contribution in [2.75, 3.05) is 13.1 Å². The highest BCUT2D eigenvalue weighted by Crippen LogP contribution is 2.34. The standard InChI is InChI=1S/C14H18N4O2S/c1-3-8-15-9-7-12-16-17-14(21-12)13-10(2)5-4-6-11(13)18(19)20/h4-6,15H,3,7-9H2,1-2H3. The number of nitro benzene ring substituents is 1. The van der Waals surface area contributed by atoms with E-state index in [2.05, 4.69) is 22.4 Å². The lowest BCUT2D eigenvalue weighted by atomic mass is 10.1. The number of nitrogens with one attached hydrogen (secondary N) is 1. The summed E-state index contributed by atoms with van der Waals surface area (Å²) in [5.74, 6) is 0. The van der Waals surface area contributed by atoms with E-state index in [1.165, 1.54) is 17.4 Å². The minimum Gasteiger partial charge on any atom is -0.316 e. The molecule has 1 N–H and O–H groups in total. The second kappa shape index (κ2) is 7.24. The van der Waals surface area contributed by atoms with Gasteiger partial charge in [-0.05, 0) is 25.5 Å². The molecule has 0 spiro atoms. The summed E-state index contributed by atoms with van der Waals surface area (Å²) in [6.07, 6.45) is 1.88. The second-order valence-corrected chi connectivity index (χ2v) is 5.79. The van der Waals surface area contributed by atoms with Crippen LogP contribution in [0.2, 0.25) is 0 Å². The van der Waals surface area contributed by atoms with E-state index in [0.717, 1.165) is 36.5 Å². The fourth-order valence-electron chi connectivity index (χ4n) is 2.04. The van der Waals surface area contributed by atoms with Gasteiger partial charge in [-0.3, -0.25) is 10.1 Å². The third-order valence-electron chi connectivity index (χ3n) is 3.07. The van der Waals surface area contributed by atoms with Gasteiger partial charge in [0.2, 0.25) is 0 Å². The van der Waals surface area contributed by atoms with Gasteiger partial charge in [-0.25, -0.2) is 0 Å².